The molecule has 2 nitrogen and oxygen atoms in total. The average Bonchev–Trinajstić information content (AvgIpc) is 1.83. The molecule has 0 heterocycles. The molecule has 1 N–H and O–H groups in total. The van der Waals surface area contributed by atoms with Crippen molar-refractivity contribution in [1.29, 1.82) is 0 Å². The Labute approximate surface area is 49.5 Å². The zero-order chi connectivity index (χ0) is 6.41. The summed E-state index contributed by atoms with van der Waals surface area (Å²) in [5.41, 5.74) is 0. The first-order chi connectivity index (χ1) is 3.81. The SMILES string of the molecule is C#CC(O)CCOC. The molecule has 1 unspecified atom stereocenters. The van der Waals surface area contributed by atoms with Crippen molar-refractivity contribution >= 4 is 0 Å². The first kappa shape index (κ1) is 7.48. The highest BCUT2D eigenvalue weighted by Gasteiger charge is 1.94. The number of hydrogen-bond donors (Lipinski definition) is 1. The Kier molecular flexibility index (Phi) is 4.33. The zero-order valence-corrected chi connectivity index (χ0v) is 4.92. The van der Waals surface area contributed by atoms with Gasteiger partial charge >= 0.3 is 0 Å². The van der Waals surface area contributed by atoms with Crippen molar-refractivity contribution in [3.8, 4) is 12.3 Å². The molecule has 1 atom stereocenters. The predicted octanol–water partition coefficient (Wildman–Crippen LogP) is 0.0170. The maximum Gasteiger partial charge on any atom is 0.116 e. The van der Waals surface area contributed by atoms with Crippen LogP contribution in [0.1, 0.15) is 6.42 Å². The maximum absolute atomic E-state index is 8.67. The molecule has 0 aliphatic heterocycles. The lowest BCUT2D eigenvalue weighted by molar-refractivity contribution is 0.140. The van der Waals surface area contributed by atoms with E-state index in [9.17, 15) is 0 Å². The van der Waals surface area contributed by atoms with E-state index in [4.69, 9.17) is 11.5 Å². The lowest BCUT2D eigenvalue weighted by Crippen LogP contribution is -2.05. The third-order valence-electron chi connectivity index (χ3n) is 0.788. The molecule has 0 radical (unpaired) electrons. The molecule has 0 aromatic heterocycles. The second-order valence-corrected chi connectivity index (χ2v) is 1.46. The molecular formula is C6H10O2. The number of terminal acetylenes is 1. The van der Waals surface area contributed by atoms with Gasteiger partial charge in [-0.15, -0.1) is 6.42 Å². The minimum atomic E-state index is -0.644. The quantitative estimate of drug-likeness (QED) is 0.524. The lowest BCUT2D eigenvalue weighted by atomic mass is 10.3. The van der Waals surface area contributed by atoms with Gasteiger partial charge in [0.25, 0.3) is 0 Å². The number of rotatable bonds is 3. The molecule has 0 spiro atoms. The van der Waals surface area contributed by atoms with E-state index in [1.165, 1.54) is 0 Å². The molecule has 8 heavy (non-hydrogen) atoms. The van der Waals surface area contributed by atoms with E-state index >= 15 is 0 Å². The summed E-state index contributed by atoms with van der Waals surface area (Å²) >= 11 is 0. The molecule has 0 aromatic carbocycles. The van der Waals surface area contributed by atoms with Crippen LogP contribution in [-0.4, -0.2) is 24.9 Å². The van der Waals surface area contributed by atoms with E-state index in [0.717, 1.165) is 0 Å². The van der Waals surface area contributed by atoms with Crippen molar-refractivity contribution in [2.45, 2.75) is 12.5 Å². The Morgan fingerprint density at radius 1 is 1.88 bits per heavy atom. The van der Waals surface area contributed by atoms with Crippen molar-refractivity contribution in [3.63, 3.8) is 0 Å². The van der Waals surface area contributed by atoms with Crippen molar-refractivity contribution in [2.24, 2.45) is 0 Å². The predicted molar refractivity (Wildman–Crippen MR) is 31.3 cm³/mol. The topological polar surface area (TPSA) is 29.5 Å². The highest BCUT2D eigenvalue weighted by molar-refractivity contribution is 4.92. The van der Waals surface area contributed by atoms with E-state index < -0.39 is 6.10 Å². The molecule has 0 saturated heterocycles. The average molecular weight is 114 g/mol. The molecule has 0 aliphatic carbocycles. The zero-order valence-electron chi connectivity index (χ0n) is 4.92. The Bertz CT molecular complexity index is 83.0. The molecule has 46 valence electrons. The normalized spacial score (nSPS) is 12.6. The molecule has 0 saturated carbocycles. The second kappa shape index (κ2) is 4.63. The van der Waals surface area contributed by atoms with Crippen LogP contribution in [0.4, 0.5) is 0 Å². The Morgan fingerprint density at radius 2 is 2.50 bits per heavy atom. The van der Waals surface area contributed by atoms with Gasteiger partial charge in [0, 0.05) is 20.1 Å². The fourth-order valence-electron chi connectivity index (χ4n) is 0.313. The number of aliphatic hydroxyl groups is 1. The highest BCUT2D eigenvalue weighted by Crippen LogP contribution is 1.87. The van der Waals surface area contributed by atoms with Crippen LogP contribution in [0.15, 0.2) is 0 Å². The first-order valence-electron chi connectivity index (χ1n) is 2.44. The second-order valence-electron chi connectivity index (χ2n) is 1.46. The molecule has 0 amide bonds. The molecule has 0 bridgehead atoms. The van der Waals surface area contributed by atoms with Gasteiger partial charge in [0.1, 0.15) is 6.10 Å². The summed E-state index contributed by atoms with van der Waals surface area (Å²) in [5.74, 6) is 2.18. The van der Waals surface area contributed by atoms with Crippen LogP contribution in [0, 0.1) is 12.3 Å². The smallest absolute Gasteiger partial charge is 0.116 e. The fourth-order valence-corrected chi connectivity index (χ4v) is 0.313. The maximum atomic E-state index is 8.67. The van der Waals surface area contributed by atoms with Gasteiger partial charge in [0.05, 0.1) is 0 Å². The number of methoxy groups -OCH3 is 1. The third kappa shape index (κ3) is 3.66. The van der Waals surface area contributed by atoms with Gasteiger partial charge in [-0.3, -0.25) is 0 Å². The number of aliphatic hydroxyl groups excluding tert-OH is 1. The minimum Gasteiger partial charge on any atom is -0.385 e. The van der Waals surface area contributed by atoms with Gasteiger partial charge in [0.2, 0.25) is 0 Å². The summed E-state index contributed by atoms with van der Waals surface area (Å²) in [7, 11) is 1.57. The van der Waals surface area contributed by atoms with Crippen molar-refractivity contribution in [2.75, 3.05) is 13.7 Å². The van der Waals surface area contributed by atoms with Gasteiger partial charge in [0.15, 0.2) is 0 Å². The molecule has 0 aromatic rings. The molecule has 0 aliphatic rings. The largest absolute Gasteiger partial charge is 0.385 e. The van der Waals surface area contributed by atoms with Gasteiger partial charge in [-0.1, -0.05) is 5.92 Å². The van der Waals surface area contributed by atoms with Crippen LogP contribution in [0.2, 0.25) is 0 Å². The Hall–Kier alpha value is -0.520. The summed E-state index contributed by atoms with van der Waals surface area (Å²) in [5, 5.41) is 8.67. The minimum absolute atomic E-state index is 0.519. The monoisotopic (exact) mass is 114 g/mol. The molecule has 2 heteroatoms. The van der Waals surface area contributed by atoms with Crippen LogP contribution in [0.3, 0.4) is 0 Å². The highest BCUT2D eigenvalue weighted by atomic mass is 16.5. The van der Waals surface area contributed by atoms with Gasteiger partial charge in [-0.05, 0) is 0 Å². The van der Waals surface area contributed by atoms with E-state index in [-0.39, 0.29) is 0 Å². The van der Waals surface area contributed by atoms with E-state index in [1.54, 1.807) is 7.11 Å². The van der Waals surface area contributed by atoms with Crippen LogP contribution in [-0.2, 0) is 4.74 Å². The summed E-state index contributed by atoms with van der Waals surface area (Å²) < 4.78 is 4.66. The van der Waals surface area contributed by atoms with Gasteiger partial charge in [-0.25, -0.2) is 0 Å². The van der Waals surface area contributed by atoms with E-state index in [0.29, 0.717) is 13.0 Å². The Morgan fingerprint density at radius 3 is 2.88 bits per heavy atom. The van der Waals surface area contributed by atoms with Gasteiger partial charge in [-0.2, -0.15) is 0 Å². The van der Waals surface area contributed by atoms with E-state index in [2.05, 4.69) is 10.7 Å². The van der Waals surface area contributed by atoms with Crippen LogP contribution < -0.4 is 0 Å². The number of hydrogen-bond acceptors (Lipinski definition) is 2. The molecule has 0 fully saturated rings. The molecule has 0 rings (SSSR count). The summed E-state index contributed by atoms with van der Waals surface area (Å²) in [6.45, 7) is 0.519. The third-order valence-corrected chi connectivity index (χ3v) is 0.788. The van der Waals surface area contributed by atoms with Crippen molar-refractivity contribution in [3.05, 3.63) is 0 Å². The standard InChI is InChI=1S/C6H10O2/c1-3-6(7)4-5-8-2/h1,6-7H,4-5H2,2H3. The molecular weight excluding hydrogens is 104 g/mol. The fraction of sp³-hybridized carbons (Fsp3) is 0.667. The van der Waals surface area contributed by atoms with Crippen molar-refractivity contribution in [1.82, 2.24) is 0 Å². The summed E-state index contributed by atoms with van der Waals surface area (Å²) in [6.07, 6.45) is 4.73. The summed E-state index contributed by atoms with van der Waals surface area (Å²) in [4.78, 5) is 0. The van der Waals surface area contributed by atoms with Crippen molar-refractivity contribution < 1.29 is 9.84 Å². The summed E-state index contributed by atoms with van der Waals surface area (Å²) in [6, 6.07) is 0. The Balaban J connectivity index is 3.02. The van der Waals surface area contributed by atoms with Crippen LogP contribution >= 0.6 is 0 Å². The van der Waals surface area contributed by atoms with Gasteiger partial charge < -0.3 is 9.84 Å². The lowest BCUT2D eigenvalue weighted by Gasteiger charge is -1.98. The van der Waals surface area contributed by atoms with Crippen LogP contribution in [0.25, 0.3) is 0 Å². The number of ether oxygens (including phenoxy) is 1. The van der Waals surface area contributed by atoms with Crippen LogP contribution in [0.5, 0.6) is 0 Å². The first-order valence-corrected chi connectivity index (χ1v) is 2.44. The van der Waals surface area contributed by atoms with E-state index in [1.807, 2.05) is 0 Å².